The van der Waals surface area contributed by atoms with Crippen molar-refractivity contribution in [1.29, 1.82) is 0 Å². The Kier molecular flexibility index (Phi) is 6.71. The van der Waals surface area contributed by atoms with Crippen LogP contribution in [0.2, 0.25) is 0 Å². The molecule has 4 atom stereocenters. The molecular weight excluding hydrogens is 415 g/mol. The van der Waals surface area contributed by atoms with Gasteiger partial charge in [-0.3, -0.25) is 14.4 Å². The number of fused-ring (bicyclic) bond motifs is 1. The van der Waals surface area contributed by atoms with Crippen molar-refractivity contribution in [1.82, 2.24) is 20.5 Å². The lowest BCUT2D eigenvalue weighted by molar-refractivity contribution is -0.140. The number of hydrogen-bond donors (Lipinski definition) is 4. The molecule has 0 bridgehead atoms. The van der Waals surface area contributed by atoms with E-state index in [1.165, 1.54) is 29.3 Å². The number of amides is 2. The van der Waals surface area contributed by atoms with E-state index in [9.17, 15) is 23.9 Å². The zero-order valence-corrected chi connectivity index (χ0v) is 19.0. The Balaban J connectivity index is 1.91. The van der Waals surface area contributed by atoms with E-state index in [4.69, 9.17) is 0 Å². The number of nitrogens with zero attached hydrogens (tertiary/aromatic N) is 1. The van der Waals surface area contributed by atoms with Crippen molar-refractivity contribution in [3.8, 4) is 0 Å². The number of rotatable bonds is 6. The van der Waals surface area contributed by atoms with Crippen molar-refractivity contribution in [2.75, 3.05) is 13.6 Å². The molecule has 3 rings (SSSR count). The van der Waals surface area contributed by atoms with Gasteiger partial charge in [0.2, 0.25) is 11.8 Å². The second-order valence-corrected chi connectivity index (χ2v) is 9.47. The SMILES string of the molecule is CN[C@@H](C)C(=O)N[C@H](C(=O)N1CC(O)C[C@H]1C(=O)c1c[nH]c2cc(F)ccc12)C(C)(C)C. The molecule has 0 spiro atoms. The molecule has 4 N–H and O–H groups in total. The molecule has 32 heavy (non-hydrogen) atoms. The number of nitrogens with one attached hydrogen (secondary N) is 3. The first-order chi connectivity index (χ1) is 14.9. The molecule has 1 fully saturated rings. The first-order valence-corrected chi connectivity index (χ1v) is 10.7. The standard InChI is InChI=1S/C23H31FN4O4/c1-12(25-5)21(31)27-20(23(2,3)4)22(32)28-11-14(29)9-18(28)19(30)16-10-26-17-8-13(24)6-7-15(16)17/h6-8,10,12,14,18,20,25-26,29H,9,11H2,1-5H3,(H,27,31)/t12-,14?,18-,20+/m0/s1. The van der Waals surface area contributed by atoms with Crippen LogP contribution in [0.25, 0.3) is 10.9 Å². The third-order valence-electron chi connectivity index (χ3n) is 6.00. The van der Waals surface area contributed by atoms with Gasteiger partial charge in [0.1, 0.15) is 11.9 Å². The van der Waals surface area contributed by atoms with Gasteiger partial charge in [-0.2, -0.15) is 0 Å². The number of β-amino-alcohol motifs (C(OH)–C–C–N with tert-alkyl or cyclic N) is 1. The predicted octanol–water partition coefficient (Wildman–Crippen LogP) is 1.59. The number of H-pyrrole nitrogens is 1. The molecule has 1 saturated heterocycles. The average Bonchev–Trinajstić information content (AvgIpc) is 3.32. The van der Waals surface area contributed by atoms with Crippen LogP contribution in [-0.2, 0) is 9.59 Å². The van der Waals surface area contributed by atoms with E-state index in [1.807, 2.05) is 20.8 Å². The van der Waals surface area contributed by atoms with Gasteiger partial charge in [-0.05, 0) is 37.6 Å². The number of hydrogen-bond acceptors (Lipinski definition) is 5. The van der Waals surface area contributed by atoms with E-state index in [0.717, 1.165) is 0 Å². The van der Waals surface area contributed by atoms with Gasteiger partial charge in [0.25, 0.3) is 0 Å². The van der Waals surface area contributed by atoms with Crippen molar-refractivity contribution < 1.29 is 23.9 Å². The van der Waals surface area contributed by atoms with Crippen molar-refractivity contribution in [3.05, 3.63) is 35.8 Å². The lowest BCUT2D eigenvalue weighted by Crippen LogP contribution is -2.58. The summed E-state index contributed by atoms with van der Waals surface area (Å²) in [6, 6.07) is 1.82. The summed E-state index contributed by atoms with van der Waals surface area (Å²) in [4.78, 5) is 43.7. The molecule has 2 amide bonds. The summed E-state index contributed by atoms with van der Waals surface area (Å²) in [6.45, 7) is 7.17. The van der Waals surface area contributed by atoms with Crippen LogP contribution in [0.5, 0.6) is 0 Å². The van der Waals surface area contributed by atoms with Gasteiger partial charge in [0.05, 0.1) is 18.2 Å². The van der Waals surface area contributed by atoms with Crippen molar-refractivity contribution in [3.63, 3.8) is 0 Å². The molecule has 174 valence electrons. The minimum Gasteiger partial charge on any atom is -0.391 e. The van der Waals surface area contributed by atoms with Gasteiger partial charge in [0.15, 0.2) is 5.78 Å². The Hall–Kier alpha value is -2.78. The molecular formula is C23H31FN4O4. The van der Waals surface area contributed by atoms with Crippen LogP contribution in [0, 0.1) is 11.2 Å². The van der Waals surface area contributed by atoms with Crippen LogP contribution in [0.3, 0.4) is 0 Å². The van der Waals surface area contributed by atoms with Crippen LogP contribution in [0.15, 0.2) is 24.4 Å². The highest BCUT2D eigenvalue weighted by atomic mass is 19.1. The Morgan fingerprint density at radius 3 is 2.59 bits per heavy atom. The lowest BCUT2D eigenvalue weighted by Gasteiger charge is -2.35. The van der Waals surface area contributed by atoms with Gasteiger partial charge < -0.3 is 25.6 Å². The van der Waals surface area contributed by atoms with Gasteiger partial charge in [0, 0.05) is 35.6 Å². The third kappa shape index (κ3) is 4.68. The largest absolute Gasteiger partial charge is 0.391 e. The molecule has 2 heterocycles. The summed E-state index contributed by atoms with van der Waals surface area (Å²) in [6.07, 6.45) is 0.733. The highest BCUT2D eigenvalue weighted by molar-refractivity contribution is 6.11. The molecule has 0 aliphatic carbocycles. The van der Waals surface area contributed by atoms with Crippen LogP contribution in [0.1, 0.15) is 44.5 Å². The van der Waals surface area contributed by atoms with Crippen LogP contribution in [0.4, 0.5) is 4.39 Å². The number of ketones is 1. The predicted molar refractivity (Wildman–Crippen MR) is 119 cm³/mol. The van der Waals surface area contributed by atoms with Gasteiger partial charge >= 0.3 is 0 Å². The Morgan fingerprint density at radius 2 is 1.97 bits per heavy atom. The molecule has 1 aliphatic heterocycles. The highest BCUT2D eigenvalue weighted by Gasteiger charge is 2.45. The van der Waals surface area contributed by atoms with Crippen molar-refractivity contribution >= 4 is 28.5 Å². The monoisotopic (exact) mass is 446 g/mol. The van der Waals surface area contributed by atoms with Crippen LogP contribution < -0.4 is 10.6 Å². The highest BCUT2D eigenvalue weighted by Crippen LogP contribution is 2.29. The maximum atomic E-state index is 13.5. The van der Waals surface area contributed by atoms with E-state index >= 15 is 0 Å². The van der Waals surface area contributed by atoms with Crippen molar-refractivity contribution in [2.45, 2.75) is 58.3 Å². The van der Waals surface area contributed by atoms with Gasteiger partial charge in [-0.15, -0.1) is 0 Å². The average molecular weight is 447 g/mol. The minimum absolute atomic E-state index is 0.00371. The number of likely N-dealkylation sites (tertiary alicyclic amines) is 1. The van der Waals surface area contributed by atoms with Gasteiger partial charge in [-0.1, -0.05) is 20.8 Å². The quantitative estimate of drug-likeness (QED) is 0.503. The van der Waals surface area contributed by atoms with E-state index in [-0.39, 0.29) is 24.7 Å². The van der Waals surface area contributed by atoms with E-state index < -0.39 is 41.4 Å². The summed E-state index contributed by atoms with van der Waals surface area (Å²) < 4.78 is 13.5. The molecule has 1 aliphatic rings. The third-order valence-corrected chi connectivity index (χ3v) is 6.00. The second kappa shape index (κ2) is 8.99. The first-order valence-electron chi connectivity index (χ1n) is 10.7. The van der Waals surface area contributed by atoms with E-state index in [0.29, 0.717) is 16.5 Å². The fraction of sp³-hybridized carbons (Fsp3) is 0.522. The van der Waals surface area contributed by atoms with Crippen molar-refractivity contribution in [2.24, 2.45) is 5.41 Å². The second-order valence-electron chi connectivity index (χ2n) is 9.47. The fourth-order valence-corrected chi connectivity index (χ4v) is 4.00. The number of halogens is 1. The Labute approximate surface area is 186 Å². The lowest BCUT2D eigenvalue weighted by atomic mass is 9.85. The maximum Gasteiger partial charge on any atom is 0.246 e. The van der Waals surface area contributed by atoms with Gasteiger partial charge in [-0.25, -0.2) is 4.39 Å². The number of aromatic nitrogens is 1. The molecule has 8 nitrogen and oxygen atoms in total. The number of carbonyl (C=O) groups excluding carboxylic acids is 3. The fourth-order valence-electron chi connectivity index (χ4n) is 4.00. The minimum atomic E-state index is -0.886. The normalized spacial score (nSPS) is 20.9. The summed E-state index contributed by atoms with van der Waals surface area (Å²) >= 11 is 0. The number of aromatic amines is 1. The molecule has 1 aromatic heterocycles. The number of Topliss-reactive ketones (excluding diaryl/α,β-unsaturated/α-hetero) is 1. The van der Waals surface area contributed by atoms with E-state index in [1.54, 1.807) is 14.0 Å². The Bertz CT molecular complexity index is 1030. The number of carbonyl (C=O) groups is 3. The molecule has 2 aromatic rings. The molecule has 1 aromatic carbocycles. The number of benzene rings is 1. The molecule has 1 unspecified atom stereocenters. The number of aliphatic hydroxyl groups is 1. The molecule has 9 heteroatoms. The van der Waals surface area contributed by atoms with E-state index in [2.05, 4.69) is 15.6 Å². The van der Waals surface area contributed by atoms with Crippen LogP contribution in [-0.4, -0.2) is 70.4 Å². The smallest absolute Gasteiger partial charge is 0.246 e. The first kappa shape index (κ1) is 23.9. The summed E-state index contributed by atoms with van der Waals surface area (Å²) in [5, 5.41) is 16.5. The molecule has 0 saturated carbocycles. The number of aliphatic hydroxyl groups excluding tert-OH is 1. The summed E-state index contributed by atoms with van der Waals surface area (Å²) in [5.74, 6) is -1.52. The maximum absolute atomic E-state index is 13.5. The molecule has 0 radical (unpaired) electrons. The number of likely N-dealkylation sites (N-methyl/N-ethyl adjacent to an activating group) is 1. The zero-order chi connectivity index (χ0) is 23.8. The Morgan fingerprint density at radius 1 is 1.28 bits per heavy atom. The summed E-state index contributed by atoms with van der Waals surface area (Å²) in [7, 11) is 1.65. The summed E-state index contributed by atoms with van der Waals surface area (Å²) in [5.41, 5.74) is 0.183. The zero-order valence-electron chi connectivity index (χ0n) is 19.0. The van der Waals surface area contributed by atoms with Crippen LogP contribution >= 0.6 is 0 Å². The topological polar surface area (TPSA) is 115 Å².